The van der Waals surface area contributed by atoms with Gasteiger partial charge >= 0.3 is 0 Å². The second-order valence-corrected chi connectivity index (χ2v) is 16.1. The molecule has 0 spiro atoms. The molecular weight excluding hydrogens is 527 g/mol. The number of rotatable bonds is 1. The molecule has 17 atom stereocenters. The van der Waals surface area contributed by atoms with Gasteiger partial charge in [-0.05, 0) is 105 Å². The van der Waals surface area contributed by atoms with Crippen molar-refractivity contribution in [2.24, 2.45) is 53.3 Å². The fourth-order valence-corrected chi connectivity index (χ4v) is 12.4. The van der Waals surface area contributed by atoms with Crippen molar-refractivity contribution >= 4 is 0 Å². The Balaban J connectivity index is 1.06. The summed E-state index contributed by atoms with van der Waals surface area (Å²) < 4.78 is 14.6. The van der Waals surface area contributed by atoms with Crippen molar-refractivity contribution in [3.8, 4) is 0 Å². The van der Waals surface area contributed by atoms with Crippen molar-refractivity contribution in [3.05, 3.63) is 0 Å². The smallest absolute Gasteiger partial charge is 0.0926 e. The van der Waals surface area contributed by atoms with E-state index in [9.17, 15) is 4.39 Å². The van der Waals surface area contributed by atoms with Gasteiger partial charge in [0.1, 0.15) is 0 Å². The van der Waals surface area contributed by atoms with Crippen molar-refractivity contribution < 1.29 is 4.39 Å². The van der Waals surface area contributed by atoms with E-state index in [1.165, 1.54) is 83.5 Å². The molecule has 0 aromatic heterocycles. The normalized spacial score (nSPS) is 57.2. The van der Waals surface area contributed by atoms with E-state index in [1.54, 1.807) is 0 Å². The first-order chi connectivity index (χ1) is 20.7. The lowest BCUT2D eigenvalue weighted by atomic mass is 9.72. The molecule has 9 heteroatoms. The largest absolute Gasteiger partial charge is 0.286 e. The van der Waals surface area contributed by atoms with Crippen molar-refractivity contribution in [3.63, 3.8) is 0 Å². The minimum atomic E-state index is -0.183. The molecule has 5 heterocycles. The maximum atomic E-state index is 14.6. The molecule has 0 aromatic rings. The van der Waals surface area contributed by atoms with Crippen LogP contribution in [0.4, 0.5) is 4.39 Å². The second-order valence-electron chi connectivity index (χ2n) is 16.1. The summed E-state index contributed by atoms with van der Waals surface area (Å²) in [6, 6.07) is 0. The van der Waals surface area contributed by atoms with Crippen LogP contribution in [-0.2, 0) is 0 Å². The first kappa shape index (κ1) is 27.9. The third-order valence-corrected chi connectivity index (χ3v) is 14.2. The Labute approximate surface area is 252 Å². The van der Waals surface area contributed by atoms with Gasteiger partial charge < -0.3 is 0 Å². The van der Waals surface area contributed by atoms with Crippen molar-refractivity contribution in [2.45, 2.75) is 146 Å². The molecule has 0 radical (unpaired) electrons. The minimum absolute atomic E-state index is 0.162. The highest BCUT2D eigenvalue weighted by Gasteiger charge is 2.55. The summed E-state index contributed by atoms with van der Waals surface area (Å²) >= 11 is 0. The number of nitrogens with one attached hydrogen (secondary N) is 8. The summed E-state index contributed by atoms with van der Waals surface area (Å²) in [4.78, 5) is 0. The summed E-state index contributed by atoms with van der Waals surface area (Å²) in [5.41, 5.74) is 0. The fourth-order valence-electron chi connectivity index (χ4n) is 12.4. The van der Waals surface area contributed by atoms with Gasteiger partial charge in [0.25, 0.3) is 0 Å². The Kier molecular flexibility index (Phi) is 7.60. The highest BCUT2D eigenvalue weighted by atomic mass is 19.1. The van der Waals surface area contributed by atoms with Gasteiger partial charge in [0.2, 0.25) is 0 Å². The van der Waals surface area contributed by atoms with Gasteiger partial charge in [-0.1, -0.05) is 44.9 Å². The first-order valence-electron chi connectivity index (χ1n) is 18.4. The van der Waals surface area contributed by atoms with Crippen LogP contribution in [-0.4, -0.2) is 56.0 Å². The van der Waals surface area contributed by atoms with Crippen molar-refractivity contribution in [1.82, 2.24) is 42.5 Å². The SMILES string of the molecule is FCC1CCCC2C3NC4NC(NC5NC(NC6NC(NC(N3)C12)C1CCCCC61)C1CCCCC51)C1CCCCC41. The molecule has 8 bridgehead atoms. The van der Waals surface area contributed by atoms with E-state index in [0.717, 1.165) is 12.8 Å². The molecule has 8 N–H and O–H groups in total. The van der Waals surface area contributed by atoms with Crippen LogP contribution < -0.4 is 42.5 Å². The van der Waals surface area contributed by atoms with E-state index in [-0.39, 0.29) is 31.1 Å². The van der Waals surface area contributed by atoms with E-state index in [1.807, 2.05) is 0 Å². The third kappa shape index (κ3) is 4.66. The molecule has 4 aliphatic carbocycles. The zero-order valence-corrected chi connectivity index (χ0v) is 25.5. The number of alkyl halides is 1. The summed E-state index contributed by atoms with van der Waals surface area (Å²) in [7, 11) is 0. The highest BCUT2D eigenvalue weighted by molar-refractivity contribution is 5.09. The average Bonchev–Trinajstić information content (AvgIpc) is 3.76. The minimum Gasteiger partial charge on any atom is -0.286 e. The number of hydrogen-bond donors (Lipinski definition) is 8. The van der Waals surface area contributed by atoms with Gasteiger partial charge in [-0.25, -0.2) is 0 Å². The summed E-state index contributed by atoms with van der Waals surface area (Å²) in [5.74, 6) is 5.06. The zero-order chi connectivity index (χ0) is 27.8. The van der Waals surface area contributed by atoms with Crippen LogP contribution >= 0.6 is 0 Å². The third-order valence-electron chi connectivity index (χ3n) is 14.2. The highest BCUT2D eigenvalue weighted by Crippen LogP contribution is 2.46. The summed E-state index contributed by atoms with van der Waals surface area (Å²) in [6.45, 7) is -0.183. The Hall–Kier alpha value is -0.390. The van der Waals surface area contributed by atoms with Gasteiger partial charge in [-0.15, -0.1) is 0 Å². The molecular formula is C33H57FN8. The number of halogens is 1. The van der Waals surface area contributed by atoms with Crippen LogP contribution in [0.2, 0.25) is 0 Å². The Morgan fingerprint density at radius 1 is 0.333 bits per heavy atom. The molecule has 4 saturated carbocycles. The lowest BCUT2D eigenvalue weighted by Gasteiger charge is -2.38. The quantitative estimate of drug-likeness (QED) is 0.239. The van der Waals surface area contributed by atoms with Crippen molar-refractivity contribution in [2.75, 3.05) is 6.67 Å². The Bertz CT molecular complexity index is 968. The first-order valence-corrected chi connectivity index (χ1v) is 18.4. The zero-order valence-electron chi connectivity index (χ0n) is 25.5. The van der Waals surface area contributed by atoms with Gasteiger partial charge in [0.05, 0.1) is 56.0 Å². The average molecular weight is 585 g/mol. The lowest BCUT2D eigenvalue weighted by molar-refractivity contribution is 0.104. The molecule has 42 heavy (non-hydrogen) atoms. The fraction of sp³-hybridized carbons (Fsp3) is 1.00. The summed E-state index contributed by atoms with van der Waals surface area (Å²) in [6.07, 6.45) is 21.9. The standard InChI is InChI=1S/C33H57FN8/c34-16-17-8-7-15-24-25(17)33-41-31-23-14-6-5-13-22(23)29(39-31)37-27-19-10-2-1-9-18(19)26(35-27)36-28-20-11-3-4-12-21(20)30(38-28)40-32(24)42-33/h17-33,35-42H,1-16H2. The molecule has 17 unspecified atom stereocenters. The number of hydrogen-bond acceptors (Lipinski definition) is 8. The molecule has 9 aliphatic rings. The van der Waals surface area contributed by atoms with E-state index in [4.69, 9.17) is 0 Å². The van der Waals surface area contributed by atoms with Gasteiger partial charge in [-0.3, -0.25) is 46.9 Å². The molecule has 9 rings (SSSR count). The van der Waals surface area contributed by atoms with E-state index >= 15 is 0 Å². The molecule has 9 fully saturated rings. The van der Waals surface area contributed by atoms with Crippen molar-refractivity contribution in [1.29, 1.82) is 0 Å². The van der Waals surface area contributed by atoms with Gasteiger partial charge in [0, 0.05) is 0 Å². The lowest BCUT2D eigenvalue weighted by Crippen LogP contribution is -2.61. The van der Waals surface area contributed by atoms with Crippen LogP contribution in [0.3, 0.4) is 0 Å². The Morgan fingerprint density at radius 2 is 0.619 bits per heavy atom. The number of fused-ring (bicyclic) bond motifs is 20. The van der Waals surface area contributed by atoms with E-state index < -0.39 is 0 Å². The molecule has 5 saturated heterocycles. The van der Waals surface area contributed by atoms with E-state index in [2.05, 4.69) is 42.5 Å². The molecule has 8 nitrogen and oxygen atoms in total. The predicted molar refractivity (Wildman–Crippen MR) is 162 cm³/mol. The predicted octanol–water partition coefficient (Wildman–Crippen LogP) is 2.80. The van der Waals surface area contributed by atoms with Crippen LogP contribution in [0.1, 0.15) is 96.3 Å². The van der Waals surface area contributed by atoms with Crippen LogP contribution in [0.25, 0.3) is 0 Å². The van der Waals surface area contributed by atoms with Gasteiger partial charge in [-0.2, -0.15) is 0 Å². The van der Waals surface area contributed by atoms with E-state index in [0.29, 0.717) is 78.2 Å². The topological polar surface area (TPSA) is 96.2 Å². The molecule has 5 aliphatic heterocycles. The molecule has 0 amide bonds. The van der Waals surface area contributed by atoms with Gasteiger partial charge in [0.15, 0.2) is 0 Å². The maximum Gasteiger partial charge on any atom is 0.0926 e. The maximum absolute atomic E-state index is 14.6. The van der Waals surface area contributed by atoms with Crippen LogP contribution in [0.15, 0.2) is 0 Å². The Morgan fingerprint density at radius 3 is 0.952 bits per heavy atom. The monoisotopic (exact) mass is 584 g/mol. The molecule has 0 aromatic carbocycles. The second kappa shape index (κ2) is 11.4. The summed E-state index contributed by atoms with van der Waals surface area (Å²) in [5, 5.41) is 33.3. The molecule has 236 valence electrons. The van der Waals surface area contributed by atoms with Crippen LogP contribution in [0, 0.1) is 53.3 Å². The van der Waals surface area contributed by atoms with Crippen LogP contribution in [0.5, 0.6) is 0 Å².